The van der Waals surface area contributed by atoms with Gasteiger partial charge in [0.15, 0.2) is 0 Å². The third-order valence-corrected chi connectivity index (χ3v) is 5.34. The highest BCUT2D eigenvalue weighted by Gasteiger charge is 2.25. The summed E-state index contributed by atoms with van der Waals surface area (Å²) in [6.07, 6.45) is 1.79. The fraction of sp³-hybridized carbons (Fsp3) is 0.588. The lowest BCUT2D eigenvalue weighted by molar-refractivity contribution is -0.116. The first kappa shape index (κ1) is 19.6. The second-order valence-electron chi connectivity index (χ2n) is 6.31. The van der Waals surface area contributed by atoms with Gasteiger partial charge in [-0.3, -0.25) is 4.79 Å². The van der Waals surface area contributed by atoms with Gasteiger partial charge in [0.05, 0.1) is 12.8 Å². The van der Waals surface area contributed by atoms with Crippen LogP contribution in [0.4, 0.5) is 5.69 Å². The van der Waals surface area contributed by atoms with E-state index < -0.39 is 10.0 Å². The van der Waals surface area contributed by atoms with Gasteiger partial charge < -0.3 is 5.32 Å². The van der Waals surface area contributed by atoms with Crippen molar-refractivity contribution in [3.8, 4) is 0 Å². The average Bonchev–Trinajstić information content (AvgIpc) is 2.44. The Balaban J connectivity index is 3.00. The van der Waals surface area contributed by atoms with Crippen molar-refractivity contribution in [3.63, 3.8) is 0 Å². The molecule has 130 valence electrons. The summed E-state index contributed by atoms with van der Waals surface area (Å²) < 4.78 is 25.1. The molecule has 6 heteroatoms. The van der Waals surface area contributed by atoms with Crippen molar-refractivity contribution in [3.05, 3.63) is 29.3 Å². The van der Waals surface area contributed by atoms with E-state index in [-0.39, 0.29) is 24.4 Å². The standard InChI is InChI=1S/C17H28N2O3S/c1-7-14(5)19(23(6,21)22)11-16(20)18-17-13(4)9-8-10-15(17)12(2)3/h8-10,12,14H,7,11H2,1-6H3,(H,18,20). The summed E-state index contributed by atoms with van der Waals surface area (Å²) in [4.78, 5) is 12.4. The number of anilines is 1. The molecule has 0 bridgehead atoms. The summed E-state index contributed by atoms with van der Waals surface area (Å²) in [5.41, 5.74) is 2.80. The molecule has 0 heterocycles. The van der Waals surface area contributed by atoms with Gasteiger partial charge in [-0.1, -0.05) is 39.0 Å². The van der Waals surface area contributed by atoms with Gasteiger partial charge in [0.1, 0.15) is 0 Å². The molecule has 1 amide bonds. The van der Waals surface area contributed by atoms with E-state index in [0.717, 1.165) is 23.1 Å². The van der Waals surface area contributed by atoms with Crippen LogP contribution in [0.25, 0.3) is 0 Å². The summed E-state index contributed by atoms with van der Waals surface area (Å²) in [6, 6.07) is 5.67. The molecule has 0 aliphatic heterocycles. The number of para-hydroxylation sites is 1. The Morgan fingerprint density at radius 2 is 1.87 bits per heavy atom. The molecule has 0 saturated carbocycles. The molecule has 23 heavy (non-hydrogen) atoms. The molecule has 1 rings (SSSR count). The molecule has 0 aliphatic rings. The normalized spacial score (nSPS) is 13.4. The van der Waals surface area contributed by atoms with Crippen LogP contribution in [0, 0.1) is 6.92 Å². The molecule has 5 nitrogen and oxygen atoms in total. The molecule has 1 aromatic rings. The van der Waals surface area contributed by atoms with Gasteiger partial charge >= 0.3 is 0 Å². The number of amides is 1. The summed E-state index contributed by atoms with van der Waals surface area (Å²) in [6.45, 7) is 9.60. The van der Waals surface area contributed by atoms with E-state index >= 15 is 0 Å². The fourth-order valence-electron chi connectivity index (χ4n) is 2.47. The number of aryl methyl sites for hydroxylation is 1. The number of sulfonamides is 1. The zero-order valence-electron chi connectivity index (χ0n) is 14.9. The molecule has 0 fully saturated rings. The van der Waals surface area contributed by atoms with E-state index in [1.807, 2.05) is 39.0 Å². The van der Waals surface area contributed by atoms with Crippen LogP contribution in [-0.2, 0) is 14.8 Å². The lowest BCUT2D eigenvalue weighted by Crippen LogP contribution is -2.42. The molecular weight excluding hydrogens is 312 g/mol. The van der Waals surface area contributed by atoms with Crippen molar-refractivity contribution >= 4 is 21.6 Å². The smallest absolute Gasteiger partial charge is 0.239 e. The van der Waals surface area contributed by atoms with E-state index in [4.69, 9.17) is 0 Å². The Morgan fingerprint density at radius 1 is 1.26 bits per heavy atom. The summed E-state index contributed by atoms with van der Waals surface area (Å²) in [5.74, 6) is -0.0438. The van der Waals surface area contributed by atoms with Crippen LogP contribution in [-0.4, -0.2) is 37.5 Å². The fourth-order valence-corrected chi connectivity index (χ4v) is 3.62. The summed E-state index contributed by atoms with van der Waals surface area (Å²) in [5, 5.41) is 2.90. The summed E-state index contributed by atoms with van der Waals surface area (Å²) >= 11 is 0. The van der Waals surface area contributed by atoms with Gasteiger partial charge in [-0.05, 0) is 37.3 Å². The second kappa shape index (κ2) is 7.93. The largest absolute Gasteiger partial charge is 0.324 e. The molecule has 1 atom stereocenters. The molecule has 0 aliphatic carbocycles. The number of nitrogens with one attached hydrogen (secondary N) is 1. The van der Waals surface area contributed by atoms with Gasteiger partial charge in [0.2, 0.25) is 15.9 Å². The maximum Gasteiger partial charge on any atom is 0.239 e. The zero-order valence-corrected chi connectivity index (χ0v) is 15.7. The lowest BCUT2D eigenvalue weighted by Gasteiger charge is -2.26. The monoisotopic (exact) mass is 340 g/mol. The first-order valence-electron chi connectivity index (χ1n) is 7.94. The predicted octanol–water partition coefficient (Wildman–Crippen LogP) is 3.12. The number of carbonyl (C=O) groups is 1. The molecular formula is C17H28N2O3S. The minimum absolute atomic E-state index is 0.167. The minimum Gasteiger partial charge on any atom is -0.324 e. The van der Waals surface area contributed by atoms with Crippen molar-refractivity contribution in [1.29, 1.82) is 0 Å². The quantitative estimate of drug-likeness (QED) is 0.829. The maximum absolute atomic E-state index is 12.4. The number of hydrogen-bond donors (Lipinski definition) is 1. The minimum atomic E-state index is -3.43. The van der Waals surface area contributed by atoms with E-state index in [0.29, 0.717) is 6.42 Å². The second-order valence-corrected chi connectivity index (χ2v) is 8.24. The Labute approximate surface area is 140 Å². The van der Waals surface area contributed by atoms with Crippen molar-refractivity contribution in [1.82, 2.24) is 4.31 Å². The highest BCUT2D eigenvalue weighted by atomic mass is 32.2. The van der Waals surface area contributed by atoms with Crippen LogP contribution >= 0.6 is 0 Å². The molecule has 0 spiro atoms. The molecule has 0 saturated heterocycles. The molecule has 0 radical (unpaired) electrons. The molecule has 1 aromatic carbocycles. The number of nitrogens with zero attached hydrogens (tertiary/aromatic N) is 1. The average molecular weight is 340 g/mol. The predicted molar refractivity (Wildman–Crippen MR) is 95.2 cm³/mol. The summed E-state index contributed by atoms with van der Waals surface area (Å²) in [7, 11) is -3.43. The van der Waals surface area contributed by atoms with Gasteiger partial charge in [-0.25, -0.2) is 8.42 Å². The van der Waals surface area contributed by atoms with E-state index in [1.54, 1.807) is 0 Å². The highest BCUT2D eigenvalue weighted by molar-refractivity contribution is 7.88. The van der Waals surface area contributed by atoms with Crippen molar-refractivity contribution in [2.45, 2.75) is 53.0 Å². The number of hydrogen-bond acceptors (Lipinski definition) is 3. The Morgan fingerprint density at radius 3 is 2.35 bits per heavy atom. The van der Waals surface area contributed by atoms with Gasteiger partial charge in [-0.2, -0.15) is 4.31 Å². The van der Waals surface area contributed by atoms with Crippen LogP contribution < -0.4 is 5.32 Å². The van der Waals surface area contributed by atoms with E-state index in [9.17, 15) is 13.2 Å². The third kappa shape index (κ3) is 5.32. The van der Waals surface area contributed by atoms with Crippen LogP contribution in [0.15, 0.2) is 18.2 Å². The van der Waals surface area contributed by atoms with Crippen LogP contribution in [0.5, 0.6) is 0 Å². The number of benzene rings is 1. The third-order valence-electron chi connectivity index (χ3n) is 4.00. The number of rotatable bonds is 7. The van der Waals surface area contributed by atoms with Crippen LogP contribution in [0.2, 0.25) is 0 Å². The Kier molecular flexibility index (Phi) is 6.77. The van der Waals surface area contributed by atoms with Crippen LogP contribution in [0.1, 0.15) is 51.2 Å². The van der Waals surface area contributed by atoms with Crippen molar-refractivity contribution in [2.75, 3.05) is 18.1 Å². The highest BCUT2D eigenvalue weighted by Crippen LogP contribution is 2.27. The van der Waals surface area contributed by atoms with E-state index in [2.05, 4.69) is 19.2 Å². The lowest BCUT2D eigenvalue weighted by atomic mass is 9.98. The Bertz CT molecular complexity index is 654. The molecule has 1 N–H and O–H groups in total. The molecule has 1 unspecified atom stereocenters. The first-order valence-corrected chi connectivity index (χ1v) is 9.78. The topological polar surface area (TPSA) is 66.5 Å². The first-order chi connectivity index (χ1) is 10.6. The maximum atomic E-state index is 12.4. The SMILES string of the molecule is CCC(C)N(CC(=O)Nc1c(C)cccc1C(C)C)S(C)(=O)=O. The Hall–Kier alpha value is -1.40. The van der Waals surface area contributed by atoms with Crippen LogP contribution in [0.3, 0.4) is 0 Å². The van der Waals surface area contributed by atoms with Gasteiger partial charge in [0, 0.05) is 11.7 Å². The van der Waals surface area contributed by atoms with Gasteiger partial charge in [-0.15, -0.1) is 0 Å². The zero-order chi connectivity index (χ0) is 17.8. The number of carbonyl (C=O) groups excluding carboxylic acids is 1. The van der Waals surface area contributed by atoms with E-state index in [1.165, 1.54) is 4.31 Å². The van der Waals surface area contributed by atoms with Crippen molar-refractivity contribution in [2.24, 2.45) is 0 Å². The van der Waals surface area contributed by atoms with Crippen molar-refractivity contribution < 1.29 is 13.2 Å². The molecule has 0 aromatic heterocycles. The van der Waals surface area contributed by atoms with Gasteiger partial charge in [0.25, 0.3) is 0 Å².